The zero-order valence-electron chi connectivity index (χ0n) is 42.4. The maximum absolute atomic E-state index is 14.4. The number of hydrogen-bond donors (Lipinski definition) is 3. The Balaban J connectivity index is 1.49. The molecule has 5 bridgehead atoms. The number of esters is 1. The molecule has 0 spiro atoms. The number of Topliss-reactive ketones (excluding diaryl/α,β-unsaturated/α-hetero) is 3. The average Bonchev–Trinajstić information content (AvgIpc) is 3.38. The molecule has 5 aliphatic rings. The van der Waals surface area contributed by atoms with Crippen LogP contribution in [0, 0.1) is 41.4 Å². The molecule has 1 saturated carbocycles. The summed E-state index contributed by atoms with van der Waals surface area (Å²) in [5.74, 6) is -8.04. The summed E-state index contributed by atoms with van der Waals surface area (Å²) < 4.78 is 35.9. The quantitative estimate of drug-likeness (QED) is 0.112. The van der Waals surface area contributed by atoms with E-state index >= 15 is 0 Å². The van der Waals surface area contributed by atoms with Crippen molar-refractivity contribution in [3.63, 3.8) is 0 Å². The van der Waals surface area contributed by atoms with Gasteiger partial charge < -0.3 is 24.4 Å². The van der Waals surface area contributed by atoms with Gasteiger partial charge in [0.15, 0.2) is 5.78 Å². The second-order valence-corrected chi connectivity index (χ2v) is 24.2. The first-order valence-corrected chi connectivity index (χ1v) is 27.8. The molecule has 15 nitrogen and oxygen atoms in total. The Bertz CT molecular complexity index is 1910. The zero-order chi connectivity index (χ0) is 50.2. The van der Waals surface area contributed by atoms with E-state index in [9.17, 15) is 39.1 Å². The predicted molar refractivity (Wildman–Crippen MR) is 260 cm³/mol. The summed E-state index contributed by atoms with van der Waals surface area (Å²) in [4.78, 5) is 82.9. The van der Waals surface area contributed by atoms with Crippen molar-refractivity contribution in [2.45, 2.75) is 167 Å². The number of fused-ring (bicyclic) bond motifs is 5. The van der Waals surface area contributed by atoms with Gasteiger partial charge in [-0.25, -0.2) is 0 Å². The molecule has 5 rings (SSSR count). The van der Waals surface area contributed by atoms with E-state index in [2.05, 4.69) is 0 Å². The first kappa shape index (κ1) is 55.9. The fourth-order valence-electron chi connectivity index (χ4n) is 11.3. The fraction of sp³-hybridized carbons (Fsp3) is 0.750. The van der Waals surface area contributed by atoms with Crippen molar-refractivity contribution in [2.24, 2.45) is 41.4 Å². The van der Waals surface area contributed by atoms with E-state index in [1.807, 2.05) is 51.2 Å². The molecule has 3 N–H and O–H groups in total. The molecule has 1 amide bonds. The fourth-order valence-corrected chi connectivity index (χ4v) is 12.3. The Morgan fingerprint density at radius 3 is 2.22 bits per heavy atom. The standard InChI is InChI=1S/C52H82NO14P/c1-30-15-13-12-14-16-31(2)43(62-7)28-38-19-17-35(6)52(60,66-38)49(57)50(58)53-22-21-37-27-40(53)51(59)65-44(39(37)25-36-18-20-42(45(26-36)63-8)67-68(10,11)61)29-41(54)32(3)24-34(5)47(56)48(64-9)46(55)33(4)23-30/h12-16,24,30,32-33,35-40,42-45,47-48,56,60-61,68H,17-23,25-29H2,1-11H3/b14-12+,15-13+,31-16+,34-24+/t30-,32-,33-,35-,36+,37+,38+,39?,40+,42-,43+,44+,45-,47-,48+,52-/m1/s1. The van der Waals surface area contributed by atoms with Crippen molar-refractivity contribution in [3.05, 3.63) is 47.6 Å². The molecule has 0 aromatic rings. The van der Waals surface area contributed by atoms with Gasteiger partial charge in [-0.15, -0.1) is 0 Å². The van der Waals surface area contributed by atoms with Gasteiger partial charge >= 0.3 is 192 Å². The predicted octanol–water partition coefficient (Wildman–Crippen LogP) is 6.26. The molecule has 4 aliphatic heterocycles. The van der Waals surface area contributed by atoms with Crippen LogP contribution in [-0.2, 0) is 52.2 Å². The van der Waals surface area contributed by atoms with E-state index in [-0.39, 0.29) is 66.8 Å². The van der Waals surface area contributed by atoms with Crippen LogP contribution in [-0.4, -0.2) is 145 Å². The molecular formula is C52H82NO14P. The number of aliphatic hydroxyl groups excluding tert-OH is 1. The molecule has 68 heavy (non-hydrogen) atoms. The number of ether oxygens (including phenoxy) is 5. The van der Waals surface area contributed by atoms with E-state index in [1.54, 1.807) is 54.4 Å². The van der Waals surface area contributed by atoms with E-state index in [0.29, 0.717) is 56.9 Å². The van der Waals surface area contributed by atoms with E-state index < -0.39 is 85.5 Å². The Morgan fingerprint density at radius 1 is 0.838 bits per heavy atom. The van der Waals surface area contributed by atoms with Gasteiger partial charge in [-0.1, -0.05) is 51.2 Å². The number of rotatable bonds is 7. The Labute approximate surface area is 404 Å². The zero-order valence-corrected chi connectivity index (χ0v) is 43.4. The van der Waals surface area contributed by atoms with Gasteiger partial charge in [0.05, 0.1) is 12.2 Å². The van der Waals surface area contributed by atoms with Crippen LogP contribution in [0.25, 0.3) is 0 Å². The van der Waals surface area contributed by atoms with Crippen LogP contribution < -0.4 is 0 Å². The number of hydrogen-bond acceptors (Lipinski definition) is 14. The first-order chi connectivity index (χ1) is 32.0. The minimum atomic E-state index is -2.86. The summed E-state index contributed by atoms with van der Waals surface area (Å²) in [6.45, 7) is 14.3. The number of aliphatic hydroxyl groups is 2. The Kier molecular flexibility index (Phi) is 20.1. The SMILES string of the molecule is CO[C@H]1C[C@@H]2CC[C@@H](C)[C@@](O)(O2)C(=O)C(=O)N2CC[C@H]3C[C@H]2C(=O)O[C@@H](CC(=O)[C@H](C)/C=C(\C)[C@@H](O)[C@@H](OC)C(=O)[C@H](C)C[C@H](C)/C=C/C=C/C=C/1C)C3C[C@@H]1CC[C@@H](O[PH](C)(C)O)[C@H](OC)C1. The van der Waals surface area contributed by atoms with Gasteiger partial charge in [-0.3, -0.25) is 14.4 Å². The Morgan fingerprint density at radius 2 is 1.56 bits per heavy atom. The summed E-state index contributed by atoms with van der Waals surface area (Å²) in [7, 11) is 1.74. The molecule has 4 fully saturated rings. The summed E-state index contributed by atoms with van der Waals surface area (Å²) in [5, 5.41) is 23.5. The number of allylic oxidation sites excluding steroid dienone is 6. The number of ketones is 3. The molecule has 4 heterocycles. The second-order valence-electron chi connectivity index (χ2n) is 21.1. The number of nitrogens with zero attached hydrogens (tertiary/aromatic N) is 1. The van der Waals surface area contributed by atoms with Crippen molar-refractivity contribution >= 4 is 36.9 Å². The van der Waals surface area contributed by atoms with Gasteiger partial charge in [0.2, 0.25) is 5.79 Å². The van der Waals surface area contributed by atoms with Gasteiger partial charge in [0, 0.05) is 32.5 Å². The molecule has 0 aromatic heterocycles. The van der Waals surface area contributed by atoms with Gasteiger partial charge in [-0.05, 0) is 50.2 Å². The van der Waals surface area contributed by atoms with Crippen molar-refractivity contribution in [1.29, 1.82) is 0 Å². The molecule has 16 atom stereocenters. The molecule has 0 radical (unpaired) electrons. The molecule has 1 unspecified atom stereocenters. The van der Waals surface area contributed by atoms with Crippen molar-refractivity contribution in [2.75, 3.05) is 41.2 Å². The van der Waals surface area contributed by atoms with Crippen LogP contribution in [0.3, 0.4) is 0 Å². The van der Waals surface area contributed by atoms with Crippen LogP contribution in [0.15, 0.2) is 47.6 Å². The van der Waals surface area contributed by atoms with E-state index in [0.717, 1.165) is 12.0 Å². The summed E-state index contributed by atoms with van der Waals surface area (Å²) >= 11 is 0. The average molecular weight is 976 g/mol. The van der Waals surface area contributed by atoms with Crippen molar-refractivity contribution in [1.82, 2.24) is 4.90 Å². The first-order valence-electron chi connectivity index (χ1n) is 24.9. The molecule has 0 aromatic carbocycles. The Hall–Kier alpha value is -2.98. The normalized spacial score (nSPS) is 41.8. The van der Waals surface area contributed by atoms with Crippen molar-refractivity contribution in [3.8, 4) is 0 Å². The third kappa shape index (κ3) is 13.9. The van der Waals surface area contributed by atoms with Crippen LogP contribution in [0.2, 0.25) is 0 Å². The molecule has 3 saturated heterocycles. The topological polar surface area (TPSA) is 205 Å². The molecular weight excluding hydrogens is 894 g/mol. The molecule has 16 heteroatoms. The number of carbonyl (C=O) groups excluding carboxylic acids is 5. The monoisotopic (exact) mass is 976 g/mol. The molecule has 384 valence electrons. The third-order valence-electron chi connectivity index (χ3n) is 15.4. The summed E-state index contributed by atoms with van der Waals surface area (Å²) in [6, 6.07) is -1.13. The van der Waals surface area contributed by atoms with Gasteiger partial charge in [0.25, 0.3) is 5.78 Å². The number of piperidine rings is 1. The van der Waals surface area contributed by atoms with Crippen molar-refractivity contribution < 1.29 is 67.3 Å². The number of amides is 1. The van der Waals surface area contributed by atoms with Crippen LogP contribution in [0.1, 0.15) is 112 Å². The number of methoxy groups -OCH3 is 3. The van der Waals surface area contributed by atoms with Crippen LogP contribution in [0.4, 0.5) is 0 Å². The third-order valence-corrected chi connectivity index (χ3v) is 16.3. The minimum absolute atomic E-state index is 0.0180. The second kappa shape index (κ2) is 24.4. The number of carbonyl (C=O) groups is 5. The summed E-state index contributed by atoms with van der Waals surface area (Å²) in [5.41, 5.74) is 1.27. The van der Waals surface area contributed by atoms with Gasteiger partial charge in [0.1, 0.15) is 12.2 Å². The maximum atomic E-state index is 14.4. The van der Waals surface area contributed by atoms with Crippen LogP contribution in [0.5, 0.6) is 0 Å². The van der Waals surface area contributed by atoms with Gasteiger partial charge in [-0.2, -0.15) is 0 Å². The molecule has 1 aliphatic carbocycles. The van der Waals surface area contributed by atoms with Crippen LogP contribution >= 0.6 is 7.72 Å². The van der Waals surface area contributed by atoms with E-state index in [1.165, 1.54) is 12.0 Å². The summed E-state index contributed by atoms with van der Waals surface area (Å²) in [6.07, 6.45) is 11.2. The van der Waals surface area contributed by atoms with E-state index in [4.69, 9.17) is 28.2 Å².